The molecule has 1 aromatic carbocycles. The third kappa shape index (κ3) is 5.66. The molecule has 1 aliphatic rings. The van der Waals surface area contributed by atoms with Crippen molar-refractivity contribution in [1.29, 1.82) is 0 Å². The average Bonchev–Trinajstić information content (AvgIpc) is 2.80. The average molecular weight is 324 g/mol. The molecule has 1 heterocycles. The highest BCUT2D eigenvalue weighted by Crippen LogP contribution is 2.31. The summed E-state index contributed by atoms with van der Waals surface area (Å²) in [6.07, 6.45) is 2.87. The Morgan fingerprint density at radius 3 is 2.57 bits per heavy atom. The number of nitrogens with zero attached hydrogens (tertiary/aromatic N) is 1. The molecule has 1 fully saturated rings. The minimum absolute atomic E-state index is 0.200. The van der Waals surface area contributed by atoms with Crippen LogP contribution in [0.1, 0.15) is 32.3 Å². The number of hydrogen-bond donors (Lipinski definition) is 1. The molecule has 0 atom stereocenters. The Labute approximate surface area is 139 Å². The third-order valence-electron chi connectivity index (χ3n) is 4.07. The lowest BCUT2D eigenvalue weighted by Gasteiger charge is -2.19. The van der Waals surface area contributed by atoms with Crippen molar-refractivity contribution < 1.29 is 13.9 Å². The van der Waals surface area contributed by atoms with E-state index >= 15 is 0 Å². The zero-order valence-corrected chi connectivity index (χ0v) is 14.4. The summed E-state index contributed by atoms with van der Waals surface area (Å²) >= 11 is 0. The Hall–Kier alpha value is -1.33. The molecule has 0 radical (unpaired) electrons. The molecule has 0 spiro atoms. The lowest BCUT2D eigenvalue weighted by atomic mass is 10.1. The first kappa shape index (κ1) is 18.0. The number of hydrogen-bond acceptors (Lipinski definition) is 4. The minimum atomic E-state index is -0.200. The second-order valence-electron chi connectivity index (χ2n) is 5.81. The van der Waals surface area contributed by atoms with Crippen molar-refractivity contribution >= 4 is 0 Å². The molecule has 4 nitrogen and oxygen atoms in total. The SMILES string of the molecule is CCOc1cc(F)c(CCCN2CCCNCC2)cc1OCC. The van der Waals surface area contributed by atoms with Gasteiger partial charge in [-0.3, -0.25) is 0 Å². The molecular weight excluding hydrogens is 295 g/mol. The first-order chi connectivity index (χ1) is 11.2. The topological polar surface area (TPSA) is 33.7 Å². The van der Waals surface area contributed by atoms with Gasteiger partial charge in [-0.2, -0.15) is 0 Å². The number of benzene rings is 1. The van der Waals surface area contributed by atoms with Crippen LogP contribution in [0.3, 0.4) is 0 Å². The van der Waals surface area contributed by atoms with Gasteiger partial charge in [-0.25, -0.2) is 4.39 Å². The number of rotatable bonds is 8. The summed E-state index contributed by atoms with van der Waals surface area (Å²) in [5.74, 6) is 0.938. The van der Waals surface area contributed by atoms with Crippen molar-refractivity contribution in [1.82, 2.24) is 10.2 Å². The van der Waals surface area contributed by atoms with E-state index in [2.05, 4.69) is 10.2 Å². The molecule has 23 heavy (non-hydrogen) atoms. The lowest BCUT2D eigenvalue weighted by Crippen LogP contribution is -2.29. The minimum Gasteiger partial charge on any atom is -0.490 e. The van der Waals surface area contributed by atoms with Gasteiger partial charge in [0.15, 0.2) is 11.5 Å². The molecule has 1 saturated heterocycles. The van der Waals surface area contributed by atoms with Crippen LogP contribution < -0.4 is 14.8 Å². The van der Waals surface area contributed by atoms with E-state index in [4.69, 9.17) is 9.47 Å². The zero-order valence-electron chi connectivity index (χ0n) is 14.4. The molecule has 0 bridgehead atoms. The fourth-order valence-electron chi connectivity index (χ4n) is 2.92. The van der Waals surface area contributed by atoms with Gasteiger partial charge in [-0.15, -0.1) is 0 Å². The maximum absolute atomic E-state index is 14.3. The first-order valence-electron chi connectivity index (χ1n) is 8.75. The highest BCUT2D eigenvalue weighted by atomic mass is 19.1. The Bertz CT molecular complexity index is 474. The van der Waals surface area contributed by atoms with Crippen LogP contribution in [0.2, 0.25) is 0 Å². The van der Waals surface area contributed by atoms with Crippen LogP contribution in [-0.4, -0.2) is 50.8 Å². The molecule has 2 rings (SSSR count). The Kier molecular flexibility index (Phi) is 7.62. The van der Waals surface area contributed by atoms with E-state index < -0.39 is 0 Å². The van der Waals surface area contributed by atoms with E-state index in [9.17, 15) is 4.39 Å². The summed E-state index contributed by atoms with van der Waals surface area (Å²) in [5, 5.41) is 3.40. The molecule has 1 aromatic rings. The van der Waals surface area contributed by atoms with E-state index in [1.807, 2.05) is 13.8 Å². The second kappa shape index (κ2) is 9.73. The van der Waals surface area contributed by atoms with E-state index in [1.165, 1.54) is 12.5 Å². The molecule has 0 unspecified atom stereocenters. The fourth-order valence-corrected chi connectivity index (χ4v) is 2.92. The standard InChI is InChI=1S/C18H29FN2O2/c1-3-22-17-13-15(16(19)14-18(17)23-4-2)7-5-10-21-11-6-8-20-9-12-21/h13-14,20H,3-12H2,1-2H3. The van der Waals surface area contributed by atoms with E-state index in [-0.39, 0.29) is 5.82 Å². The van der Waals surface area contributed by atoms with Crippen LogP contribution >= 0.6 is 0 Å². The molecule has 1 N–H and O–H groups in total. The van der Waals surface area contributed by atoms with Gasteiger partial charge in [0.05, 0.1) is 13.2 Å². The quantitative estimate of drug-likeness (QED) is 0.797. The largest absolute Gasteiger partial charge is 0.490 e. The van der Waals surface area contributed by atoms with E-state index in [0.717, 1.165) is 45.6 Å². The van der Waals surface area contributed by atoms with Gasteiger partial charge in [0.2, 0.25) is 0 Å². The molecule has 1 aliphatic heterocycles. The van der Waals surface area contributed by atoms with Crippen LogP contribution in [0.25, 0.3) is 0 Å². The van der Waals surface area contributed by atoms with Gasteiger partial charge < -0.3 is 19.7 Å². The van der Waals surface area contributed by atoms with Crippen LogP contribution in [0.4, 0.5) is 4.39 Å². The summed E-state index contributed by atoms with van der Waals surface area (Å²) in [7, 11) is 0. The molecule has 5 heteroatoms. The molecule has 0 amide bonds. The monoisotopic (exact) mass is 324 g/mol. The predicted octanol–water partition coefficient (Wildman–Crippen LogP) is 2.85. The van der Waals surface area contributed by atoms with E-state index in [1.54, 1.807) is 6.07 Å². The van der Waals surface area contributed by atoms with Crippen molar-refractivity contribution in [2.45, 2.75) is 33.1 Å². The zero-order chi connectivity index (χ0) is 16.5. The van der Waals surface area contributed by atoms with Gasteiger partial charge >= 0.3 is 0 Å². The van der Waals surface area contributed by atoms with Crippen molar-refractivity contribution in [2.24, 2.45) is 0 Å². The summed E-state index contributed by atoms with van der Waals surface area (Å²) in [6.45, 7) is 10.2. The molecular formula is C18H29FN2O2. The second-order valence-corrected chi connectivity index (χ2v) is 5.81. The van der Waals surface area contributed by atoms with Crippen LogP contribution in [0, 0.1) is 5.82 Å². The number of halogens is 1. The molecule has 130 valence electrons. The van der Waals surface area contributed by atoms with Gasteiger partial charge in [-0.05, 0) is 64.4 Å². The maximum Gasteiger partial charge on any atom is 0.164 e. The highest BCUT2D eigenvalue weighted by Gasteiger charge is 2.13. The Balaban J connectivity index is 1.94. The number of ether oxygens (including phenoxy) is 2. The molecule has 0 saturated carbocycles. The smallest absolute Gasteiger partial charge is 0.164 e. The van der Waals surface area contributed by atoms with Gasteiger partial charge in [0.25, 0.3) is 0 Å². The van der Waals surface area contributed by atoms with E-state index in [0.29, 0.717) is 30.3 Å². The third-order valence-corrected chi connectivity index (χ3v) is 4.07. The molecule has 0 aliphatic carbocycles. The van der Waals surface area contributed by atoms with Crippen LogP contribution in [0.15, 0.2) is 12.1 Å². The van der Waals surface area contributed by atoms with Crippen LogP contribution in [-0.2, 0) is 6.42 Å². The summed E-state index contributed by atoms with van der Waals surface area (Å²) < 4.78 is 25.3. The Morgan fingerprint density at radius 2 is 1.83 bits per heavy atom. The first-order valence-corrected chi connectivity index (χ1v) is 8.75. The van der Waals surface area contributed by atoms with Crippen molar-refractivity contribution in [3.05, 3.63) is 23.5 Å². The predicted molar refractivity (Wildman–Crippen MR) is 91.0 cm³/mol. The lowest BCUT2D eigenvalue weighted by molar-refractivity contribution is 0.283. The Morgan fingerprint density at radius 1 is 1.09 bits per heavy atom. The summed E-state index contributed by atoms with van der Waals surface area (Å²) in [6, 6.07) is 3.26. The maximum atomic E-state index is 14.3. The van der Waals surface area contributed by atoms with Crippen molar-refractivity contribution in [3.8, 4) is 11.5 Å². The summed E-state index contributed by atoms with van der Waals surface area (Å²) in [4.78, 5) is 2.45. The number of aryl methyl sites for hydroxylation is 1. The summed E-state index contributed by atoms with van der Waals surface area (Å²) in [5.41, 5.74) is 0.713. The van der Waals surface area contributed by atoms with Crippen molar-refractivity contribution in [3.63, 3.8) is 0 Å². The van der Waals surface area contributed by atoms with Crippen molar-refractivity contribution in [2.75, 3.05) is 45.9 Å². The highest BCUT2D eigenvalue weighted by molar-refractivity contribution is 5.44. The fraction of sp³-hybridized carbons (Fsp3) is 0.667. The van der Waals surface area contributed by atoms with Gasteiger partial charge in [0.1, 0.15) is 5.82 Å². The van der Waals surface area contributed by atoms with Gasteiger partial charge in [-0.1, -0.05) is 0 Å². The normalized spacial score (nSPS) is 16.1. The van der Waals surface area contributed by atoms with Crippen LogP contribution in [0.5, 0.6) is 11.5 Å². The molecule has 0 aromatic heterocycles. The number of nitrogens with one attached hydrogen (secondary N) is 1. The van der Waals surface area contributed by atoms with Gasteiger partial charge in [0, 0.05) is 19.2 Å².